The van der Waals surface area contributed by atoms with Crippen molar-refractivity contribution in [1.82, 2.24) is 10.3 Å². The smallest absolute Gasteiger partial charge is 0.171 e. The van der Waals surface area contributed by atoms with Gasteiger partial charge in [-0.25, -0.2) is 0 Å². The zero-order valence-corrected chi connectivity index (χ0v) is 10.7. The van der Waals surface area contributed by atoms with E-state index in [9.17, 15) is 0 Å². The van der Waals surface area contributed by atoms with Crippen LogP contribution in [0, 0.1) is 0 Å². The molecule has 1 heterocycles. The van der Waals surface area contributed by atoms with Gasteiger partial charge in [0.2, 0.25) is 0 Å². The number of anilines is 1. The summed E-state index contributed by atoms with van der Waals surface area (Å²) in [6.07, 6.45) is 1.78. The number of fused-ring (bicyclic) bond motifs is 1. The molecule has 2 rings (SSSR count). The average molecular weight is 245 g/mol. The van der Waals surface area contributed by atoms with Crippen LogP contribution in [0.2, 0.25) is 0 Å². The predicted octanol–water partition coefficient (Wildman–Crippen LogP) is 2.93. The van der Waals surface area contributed by atoms with Gasteiger partial charge in [0.15, 0.2) is 5.11 Å². The molecule has 0 aliphatic rings. The fraction of sp³-hybridized carbons (Fsp3) is 0.231. The lowest BCUT2D eigenvalue weighted by Crippen LogP contribution is -2.33. The van der Waals surface area contributed by atoms with Crippen LogP contribution in [0.3, 0.4) is 0 Å². The molecule has 17 heavy (non-hydrogen) atoms. The maximum atomic E-state index is 5.23. The van der Waals surface area contributed by atoms with Crippen molar-refractivity contribution in [3.8, 4) is 0 Å². The maximum Gasteiger partial charge on any atom is 0.171 e. The molecule has 0 radical (unpaired) electrons. The van der Waals surface area contributed by atoms with Crippen LogP contribution >= 0.6 is 12.2 Å². The van der Waals surface area contributed by atoms with Crippen molar-refractivity contribution in [2.45, 2.75) is 19.9 Å². The minimum atomic E-state index is 0.318. The molecule has 0 bridgehead atoms. The third-order valence-electron chi connectivity index (χ3n) is 2.30. The van der Waals surface area contributed by atoms with Gasteiger partial charge >= 0.3 is 0 Å². The van der Waals surface area contributed by atoms with Gasteiger partial charge in [0.1, 0.15) is 0 Å². The summed E-state index contributed by atoms with van der Waals surface area (Å²) in [5, 5.41) is 8.05. The Kier molecular flexibility index (Phi) is 3.54. The SMILES string of the molecule is CC(C)NC(=S)Nc1cccc2cccnc12. The average Bonchev–Trinajstić information content (AvgIpc) is 2.28. The Morgan fingerprint density at radius 3 is 2.76 bits per heavy atom. The van der Waals surface area contributed by atoms with Crippen LogP contribution < -0.4 is 10.6 Å². The minimum absolute atomic E-state index is 0.318. The van der Waals surface area contributed by atoms with Crippen molar-refractivity contribution in [3.05, 3.63) is 36.5 Å². The number of rotatable bonds is 2. The summed E-state index contributed by atoms with van der Waals surface area (Å²) in [6.45, 7) is 4.10. The molecule has 3 nitrogen and oxygen atoms in total. The van der Waals surface area contributed by atoms with Gasteiger partial charge in [0, 0.05) is 17.6 Å². The summed E-state index contributed by atoms with van der Waals surface area (Å²) >= 11 is 5.23. The number of hydrogen-bond donors (Lipinski definition) is 2. The van der Waals surface area contributed by atoms with Gasteiger partial charge in [-0.05, 0) is 38.2 Å². The molecule has 1 aromatic heterocycles. The standard InChI is InChI=1S/C13H15N3S/c1-9(2)15-13(17)16-11-7-3-5-10-6-4-8-14-12(10)11/h3-9H,1-2H3,(H2,15,16,17). The van der Waals surface area contributed by atoms with Crippen LogP contribution in [-0.4, -0.2) is 16.1 Å². The Balaban J connectivity index is 2.27. The number of benzene rings is 1. The Hall–Kier alpha value is -1.68. The number of aromatic nitrogens is 1. The van der Waals surface area contributed by atoms with Gasteiger partial charge in [0.25, 0.3) is 0 Å². The van der Waals surface area contributed by atoms with E-state index >= 15 is 0 Å². The Labute approximate surface area is 106 Å². The number of nitrogens with one attached hydrogen (secondary N) is 2. The lowest BCUT2D eigenvalue weighted by molar-refractivity contribution is 0.739. The van der Waals surface area contributed by atoms with Crippen molar-refractivity contribution >= 4 is 33.9 Å². The predicted molar refractivity (Wildman–Crippen MR) is 76.2 cm³/mol. The van der Waals surface area contributed by atoms with Crippen LogP contribution in [0.4, 0.5) is 5.69 Å². The molecule has 0 saturated carbocycles. The molecule has 0 atom stereocenters. The molecule has 0 spiro atoms. The van der Waals surface area contributed by atoms with E-state index in [1.807, 2.05) is 30.3 Å². The van der Waals surface area contributed by atoms with Crippen molar-refractivity contribution < 1.29 is 0 Å². The van der Waals surface area contributed by atoms with Crippen LogP contribution in [-0.2, 0) is 0 Å². The highest BCUT2D eigenvalue weighted by Crippen LogP contribution is 2.20. The highest BCUT2D eigenvalue weighted by atomic mass is 32.1. The summed E-state index contributed by atoms with van der Waals surface area (Å²) in [7, 11) is 0. The zero-order valence-electron chi connectivity index (χ0n) is 9.90. The fourth-order valence-electron chi connectivity index (χ4n) is 1.63. The summed E-state index contributed by atoms with van der Waals surface area (Å²) in [6, 6.07) is 10.3. The van der Waals surface area contributed by atoms with E-state index in [1.54, 1.807) is 6.20 Å². The van der Waals surface area contributed by atoms with Crippen LogP contribution in [0.25, 0.3) is 10.9 Å². The lowest BCUT2D eigenvalue weighted by atomic mass is 10.2. The van der Waals surface area contributed by atoms with Crippen molar-refractivity contribution in [2.24, 2.45) is 0 Å². The molecule has 0 aliphatic carbocycles. The first-order chi connectivity index (χ1) is 8.16. The van der Waals surface area contributed by atoms with E-state index in [0.29, 0.717) is 11.2 Å². The van der Waals surface area contributed by atoms with Crippen molar-refractivity contribution in [3.63, 3.8) is 0 Å². The second-order valence-electron chi connectivity index (χ2n) is 4.13. The number of hydrogen-bond acceptors (Lipinski definition) is 2. The van der Waals surface area contributed by atoms with Crippen LogP contribution in [0.15, 0.2) is 36.5 Å². The highest BCUT2D eigenvalue weighted by Gasteiger charge is 2.04. The summed E-state index contributed by atoms with van der Waals surface area (Å²) in [5.41, 5.74) is 1.86. The first-order valence-corrected chi connectivity index (χ1v) is 5.99. The van der Waals surface area contributed by atoms with Gasteiger partial charge in [-0.2, -0.15) is 0 Å². The Morgan fingerprint density at radius 1 is 1.24 bits per heavy atom. The summed E-state index contributed by atoms with van der Waals surface area (Å²) in [4.78, 5) is 4.36. The molecule has 0 saturated heterocycles. The number of para-hydroxylation sites is 1. The van der Waals surface area contributed by atoms with Gasteiger partial charge in [-0.15, -0.1) is 0 Å². The molecule has 0 unspecified atom stereocenters. The number of pyridine rings is 1. The summed E-state index contributed by atoms with van der Waals surface area (Å²) in [5.74, 6) is 0. The van der Waals surface area contributed by atoms with Crippen LogP contribution in [0.5, 0.6) is 0 Å². The van der Waals surface area contributed by atoms with Crippen molar-refractivity contribution in [1.29, 1.82) is 0 Å². The molecule has 0 aliphatic heterocycles. The van der Waals surface area contributed by atoms with Gasteiger partial charge in [0.05, 0.1) is 11.2 Å². The minimum Gasteiger partial charge on any atom is -0.360 e. The lowest BCUT2D eigenvalue weighted by Gasteiger charge is -2.14. The first-order valence-electron chi connectivity index (χ1n) is 5.58. The van der Waals surface area contributed by atoms with E-state index < -0.39 is 0 Å². The molecular formula is C13H15N3S. The molecular weight excluding hydrogens is 230 g/mol. The topological polar surface area (TPSA) is 37.0 Å². The monoisotopic (exact) mass is 245 g/mol. The molecule has 2 N–H and O–H groups in total. The van der Waals surface area contributed by atoms with Gasteiger partial charge in [-0.1, -0.05) is 18.2 Å². The van der Waals surface area contributed by atoms with Crippen molar-refractivity contribution in [2.75, 3.05) is 5.32 Å². The maximum absolute atomic E-state index is 5.23. The second kappa shape index (κ2) is 5.10. The van der Waals surface area contributed by atoms with E-state index in [0.717, 1.165) is 16.6 Å². The van der Waals surface area contributed by atoms with E-state index in [-0.39, 0.29) is 0 Å². The molecule has 0 fully saturated rings. The quantitative estimate of drug-likeness (QED) is 0.798. The first kappa shape index (κ1) is 11.8. The third-order valence-corrected chi connectivity index (χ3v) is 2.52. The molecule has 0 amide bonds. The number of thiocarbonyl (C=S) groups is 1. The summed E-state index contributed by atoms with van der Waals surface area (Å²) < 4.78 is 0. The second-order valence-corrected chi connectivity index (χ2v) is 4.54. The normalized spacial score (nSPS) is 10.5. The van der Waals surface area contributed by atoms with E-state index in [4.69, 9.17) is 12.2 Å². The third kappa shape index (κ3) is 2.91. The molecule has 1 aromatic carbocycles. The van der Waals surface area contributed by atoms with E-state index in [1.165, 1.54) is 0 Å². The van der Waals surface area contributed by atoms with Gasteiger partial charge < -0.3 is 10.6 Å². The molecule has 2 aromatic rings. The largest absolute Gasteiger partial charge is 0.360 e. The molecule has 88 valence electrons. The molecule has 4 heteroatoms. The fourth-order valence-corrected chi connectivity index (χ4v) is 1.97. The van der Waals surface area contributed by atoms with E-state index in [2.05, 4.69) is 29.5 Å². The number of nitrogens with zero attached hydrogens (tertiary/aromatic N) is 1. The Morgan fingerprint density at radius 2 is 2.00 bits per heavy atom. The van der Waals surface area contributed by atoms with Gasteiger partial charge in [-0.3, -0.25) is 4.98 Å². The highest BCUT2D eigenvalue weighted by molar-refractivity contribution is 7.80. The zero-order chi connectivity index (χ0) is 12.3. The Bertz CT molecular complexity index is 532. The van der Waals surface area contributed by atoms with Crippen LogP contribution in [0.1, 0.15) is 13.8 Å².